The first-order chi connectivity index (χ1) is 5.20. The first-order valence-electron chi connectivity index (χ1n) is 3.54. The van der Waals surface area contributed by atoms with Crippen LogP contribution in [0.4, 0.5) is 0 Å². The molecule has 0 aromatic heterocycles. The molecule has 1 rings (SSSR count). The molecule has 1 heterocycles. The molecule has 5 nitrogen and oxygen atoms in total. The normalized spacial score (nSPS) is 44.7. The summed E-state index contributed by atoms with van der Waals surface area (Å²) in [5, 5.41) is 38.3. The van der Waals surface area contributed by atoms with Crippen molar-refractivity contribution in [3.63, 3.8) is 0 Å². The highest BCUT2D eigenvalue weighted by Crippen LogP contribution is 2.13. The molecule has 0 aromatic rings. The van der Waals surface area contributed by atoms with Gasteiger partial charge < -0.3 is 25.7 Å². The van der Waals surface area contributed by atoms with Crippen LogP contribution in [0.2, 0.25) is 0 Å². The van der Waals surface area contributed by atoms with Crippen molar-refractivity contribution in [3.05, 3.63) is 0 Å². The lowest BCUT2D eigenvalue weighted by Gasteiger charge is -2.12. The fraction of sp³-hybridized carbons (Fsp3) is 1.00. The predicted octanol–water partition coefficient (Wildman–Crippen LogP) is -2.97. The third kappa shape index (κ3) is 1.52. The van der Waals surface area contributed by atoms with E-state index in [9.17, 15) is 10.2 Å². The molecule has 1 aliphatic heterocycles. The zero-order chi connectivity index (χ0) is 8.43. The molecule has 5 N–H and O–H groups in total. The number of aliphatic hydroxyl groups excluding tert-OH is 4. The van der Waals surface area contributed by atoms with Crippen LogP contribution in [0.25, 0.3) is 0 Å². The number of hydrogen-bond donors (Lipinski definition) is 5. The van der Waals surface area contributed by atoms with E-state index in [1.54, 1.807) is 0 Å². The first kappa shape index (κ1) is 8.89. The van der Waals surface area contributed by atoms with Crippen molar-refractivity contribution < 1.29 is 20.4 Å². The fourth-order valence-electron chi connectivity index (χ4n) is 1.27. The molecule has 2 unspecified atom stereocenters. The second-order valence-electron chi connectivity index (χ2n) is 2.73. The van der Waals surface area contributed by atoms with Crippen LogP contribution in [-0.2, 0) is 0 Å². The van der Waals surface area contributed by atoms with Gasteiger partial charge in [0, 0.05) is 0 Å². The van der Waals surface area contributed by atoms with Crippen molar-refractivity contribution in [2.45, 2.75) is 24.3 Å². The van der Waals surface area contributed by atoms with Gasteiger partial charge in [-0.3, -0.25) is 0 Å². The van der Waals surface area contributed by atoms with E-state index in [-0.39, 0.29) is 13.2 Å². The molecule has 0 aliphatic carbocycles. The molecule has 0 amide bonds. The van der Waals surface area contributed by atoms with Gasteiger partial charge in [0.15, 0.2) is 0 Å². The maximum atomic E-state index is 9.18. The maximum Gasteiger partial charge on any atom is 0.0990 e. The summed E-state index contributed by atoms with van der Waals surface area (Å²) < 4.78 is 0. The lowest BCUT2D eigenvalue weighted by molar-refractivity contribution is 0.0130. The summed E-state index contributed by atoms with van der Waals surface area (Å²) in [5.74, 6) is 0. The van der Waals surface area contributed by atoms with E-state index in [1.807, 2.05) is 0 Å². The van der Waals surface area contributed by atoms with E-state index in [0.717, 1.165) is 0 Å². The van der Waals surface area contributed by atoms with Crippen molar-refractivity contribution in [1.82, 2.24) is 5.32 Å². The van der Waals surface area contributed by atoms with Crippen molar-refractivity contribution in [1.29, 1.82) is 0 Å². The summed E-state index contributed by atoms with van der Waals surface area (Å²) in [6.45, 7) is -0.483. The molecular weight excluding hydrogens is 150 g/mol. The summed E-state index contributed by atoms with van der Waals surface area (Å²) >= 11 is 0. The van der Waals surface area contributed by atoms with Crippen molar-refractivity contribution in [2.24, 2.45) is 0 Å². The van der Waals surface area contributed by atoms with Gasteiger partial charge >= 0.3 is 0 Å². The Morgan fingerprint density at radius 3 is 1.45 bits per heavy atom. The molecule has 0 aromatic carbocycles. The molecule has 5 heteroatoms. The van der Waals surface area contributed by atoms with Gasteiger partial charge in [0.05, 0.1) is 37.5 Å². The SMILES string of the molecule is OCC1N[C@H](CO)C(O)[C@@H]1O. The van der Waals surface area contributed by atoms with Crippen LogP contribution in [0.3, 0.4) is 0 Å². The summed E-state index contributed by atoms with van der Waals surface area (Å²) in [5.41, 5.74) is 0. The average Bonchev–Trinajstić information content (AvgIpc) is 2.30. The Morgan fingerprint density at radius 1 is 0.909 bits per heavy atom. The number of nitrogens with one attached hydrogen (secondary N) is 1. The topological polar surface area (TPSA) is 93.0 Å². The van der Waals surface area contributed by atoms with Crippen LogP contribution in [0, 0.1) is 0 Å². The van der Waals surface area contributed by atoms with E-state index in [4.69, 9.17) is 10.2 Å². The molecule has 1 fully saturated rings. The van der Waals surface area contributed by atoms with E-state index in [1.165, 1.54) is 0 Å². The third-order valence-electron chi connectivity index (χ3n) is 2.00. The van der Waals surface area contributed by atoms with Gasteiger partial charge in [0.25, 0.3) is 0 Å². The Bertz CT molecular complexity index is 114. The highest BCUT2D eigenvalue weighted by molar-refractivity contribution is 4.97. The minimum Gasteiger partial charge on any atom is -0.395 e. The Balaban J connectivity index is 2.53. The largest absolute Gasteiger partial charge is 0.395 e. The van der Waals surface area contributed by atoms with Gasteiger partial charge in [0.2, 0.25) is 0 Å². The highest BCUT2D eigenvalue weighted by Gasteiger charge is 2.39. The molecule has 0 spiro atoms. The van der Waals surface area contributed by atoms with Crippen molar-refractivity contribution in [2.75, 3.05) is 13.2 Å². The molecular formula is C6H13NO4. The quantitative estimate of drug-likeness (QED) is 0.300. The van der Waals surface area contributed by atoms with E-state index in [2.05, 4.69) is 5.32 Å². The second kappa shape index (κ2) is 3.46. The van der Waals surface area contributed by atoms with Gasteiger partial charge in [-0.25, -0.2) is 0 Å². The van der Waals surface area contributed by atoms with Crippen LogP contribution in [0.1, 0.15) is 0 Å². The first-order valence-corrected chi connectivity index (χ1v) is 3.54. The van der Waals surface area contributed by atoms with Crippen LogP contribution in [0.15, 0.2) is 0 Å². The van der Waals surface area contributed by atoms with Crippen molar-refractivity contribution >= 4 is 0 Å². The lowest BCUT2D eigenvalue weighted by atomic mass is 10.1. The van der Waals surface area contributed by atoms with Crippen molar-refractivity contribution in [3.8, 4) is 0 Å². The van der Waals surface area contributed by atoms with Crippen LogP contribution in [-0.4, -0.2) is 57.9 Å². The summed E-state index contributed by atoms with van der Waals surface area (Å²) in [4.78, 5) is 0. The lowest BCUT2D eigenvalue weighted by Crippen LogP contribution is -2.37. The zero-order valence-corrected chi connectivity index (χ0v) is 6.01. The monoisotopic (exact) mass is 163 g/mol. The van der Waals surface area contributed by atoms with Crippen LogP contribution < -0.4 is 5.32 Å². The summed E-state index contributed by atoms with van der Waals surface area (Å²) in [6.07, 6.45) is -1.98. The van der Waals surface area contributed by atoms with E-state index in [0.29, 0.717) is 0 Å². The van der Waals surface area contributed by atoms with Gasteiger partial charge in [-0.15, -0.1) is 0 Å². The van der Waals surface area contributed by atoms with Gasteiger partial charge in [-0.1, -0.05) is 0 Å². The van der Waals surface area contributed by atoms with Gasteiger partial charge in [-0.2, -0.15) is 0 Å². The average molecular weight is 163 g/mol. The molecule has 0 radical (unpaired) electrons. The molecule has 1 saturated heterocycles. The van der Waals surface area contributed by atoms with E-state index < -0.39 is 24.3 Å². The fourth-order valence-corrected chi connectivity index (χ4v) is 1.27. The number of aliphatic hydroxyl groups is 4. The molecule has 4 atom stereocenters. The Kier molecular flexibility index (Phi) is 2.80. The van der Waals surface area contributed by atoms with Gasteiger partial charge in [-0.05, 0) is 0 Å². The smallest absolute Gasteiger partial charge is 0.0990 e. The standard InChI is InChI=1S/C6H13NO4/c8-1-3-5(10)6(11)4(2-9)7-3/h3-11H,1-2H2/t3-,4?,5?,6-/m1/s1. The number of hydrogen-bond acceptors (Lipinski definition) is 5. The van der Waals surface area contributed by atoms with Crippen LogP contribution in [0.5, 0.6) is 0 Å². The Hall–Kier alpha value is -0.200. The minimum absolute atomic E-state index is 0.241. The summed E-state index contributed by atoms with van der Waals surface area (Å²) in [7, 11) is 0. The minimum atomic E-state index is -0.989. The second-order valence-corrected chi connectivity index (χ2v) is 2.73. The molecule has 11 heavy (non-hydrogen) atoms. The zero-order valence-electron chi connectivity index (χ0n) is 6.01. The van der Waals surface area contributed by atoms with Crippen LogP contribution >= 0.6 is 0 Å². The highest BCUT2D eigenvalue weighted by atomic mass is 16.3. The molecule has 0 saturated carbocycles. The van der Waals surface area contributed by atoms with E-state index >= 15 is 0 Å². The number of rotatable bonds is 2. The molecule has 66 valence electrons. The maximum absolute atomic E-state index is 9.18. The van der Waals surface area contributed by atoms with Gasteiger partial charge in [0.1, 0.15) is 0 Å². The Morgan fingerprint density at radius 2 is 1.27 bits per heavy atom. The third-order valence-corrected chi connectivity index (χ3v) is 2.00. The molecule has 0 bridgehead atoms. The Labute approximate surface area is 64.3 Å². The predicted molar refractivity (Wildman–Crippen MR) is 36.9 cm³/mol. The molecule has 1 aliphatic rings. The summed E-state index contributed by atoms with van der Waals surface area (Å²) in [6, 6.07) is -1.05.